The second-order valence-corrected chi connectivity index (χ2v) is 9.70. The predicted molar refractivity (Wildman–Crippen MR) is 141 cm³/mol. The van der Waals surface area contributed by atoms with Crippen LogP contribution in [-0.2, 0) is 9.53 Å². The van der Waals surface area contributed by atoms with Crippen LogP contribution in [0.25, 0.3) is 0 Å². The standard InChI is InChI=1S/C27H32FN7O3/c1-27(2,3)38-26(37)35-17-20(28)14-22(35)24(36)31-13-7-5-6-8-19-16-32-25(34-23(19)30-4)33-21-11-9-18(15-29)10-12-21/h9-12,16,20,22H,5,7,13-14,17H2,1-4H3,(H,31,36)(H2,30,32,33,34)/t20-,22-/m0/s1. The molecule has 10 nitrogen and oxygen atoms in total. The molecular weight excluding hydrogens is 489 g/mol. The Morgan fingerprint density at radius 2 is 2.00 bits per heavy atom. The number of aromatic nitrogens is 2. The fraction of sp³-hybridized carbons (Fsp3) is 0.444. The summed E-state index contributed by atoms with van der Waals surface area (Å²) in [6, 6.07) is 8.12. The van der Waals surface area contributed by atoms with Crippen molar-refractivity contribution in [2.45, 2.75) is 57.8 Å². The lowest BCUT2D eigenvalue weighted by Gasteiger charge is -2.27. The van der Waals surface area contributed by atoms with E-state index in [1.807, 2.05) is 0 Å². The van der Waals surface area contributed by atoms with Crippen LogP contribution < -0.4 is 16.0 Å². The monoisotopic (exact) mass is 521 g/mol. The van der Waals surface area contributed by atoms with Crippen LogP contribution in [0.15, 0.2) is 30.5 Å². The maximum Gasteiger partial charge on any atom is 0.411 e. The number of amides is 2. The van der Waals surface area contributed by atoms with E-state index in [0.29, 0.717) is 42.3 Å². The van der Waals surface area contributed by atoms with E-state index >= 15 is 0 Å². The Morgan fingerprint density at radius 3 is 2.66 bits per heavy atom. The molecule has 0 aliphatic carbocycles. The number of carbonyl (C=O) groups is 2. The third-order valence-electron chi connectivity index (χ3n) is 5.48. The van der Waals surface area contributed by atoms with Crippen molar-refractivity contribution in [1.29, 1.82) is 5.26 Å². The fourth-order valence-corrected chi connectivity index (χ4v) is 3.70. The Bertz CT molecular complexity index is 1240. The van der Waals surface area contributed by atoms with E-state index in [0.717, 1.165) is 10.6 Å². The first-order valence-electron chi connectivity index (χ1n) is 12.3. The van der Waals surface area contributed by atoms with E-state index < -0.39 is 29.8 Å². The van der Waals surface area contributed by atoms with Crippen molar-refractivity contribution in [3.63, 3.8) is 0 Å². The summed E-state index contributed by atoms with van der Waals surface area (Å²) in [5.41, 5.74) is 1.20. The van der Waals surface area contributed by atoms with Crippen molar-refractivity contribution in [2.75, 3.05) is 30.8 Å². The molecule has 0 radical (unpaired) electrons. The first-order chi connectivity index (χ1) is 18.1. The molecular formula is C27H32FN7O3. The van der Waals surface area contributed by atoms with Gasteiger partial charge in [0.2, 0.25) is 11.9 Å². The van der Waals surface area contributed by atoms with Crippen LogP contribution in [0.5, 0.6) is 0 Å². The summed E-state index contributed by atoms with van der Waals surface area (Å²) in [4.78, 5) is 34.8. The lowest BCUT2D eigenvalue weighted by atomic mass is 10.2. The van der Waals surface area contributed by atoms with Gasteiger partial charge in [-0.2, -0.15) is 10.2 Å². The minimum atomic E-state index is -1.27. The zero-order valence-corrected chi connectivity index (χ0v) is 22.0. The van der Waals surface area contributed by atoms with E-state index in [-0.39, 0.29) is 13.0 Å². The van der Waals surface area contributed by atoms with Gasteiger partial charge in [-0.1, -0.05) is 11.8 Å². The van der Waals surface area contributed by atoms with Crippen LogP contribution in [0, 0.1) is 23.2 Å². The molecule has 2 atom stereocenters. The van der Waals surface area contributed by atoms with Gasteiger partial charge in [0.1, 0.15) is 23.6 Å². The van der Waals surface area contributed by atoms with Gasteiger partial charge >= 0.3 is 6.09 Å². The Labute approximate surface area is 222 Å². The zero-order valence-electron chi connectivity index (χ0n) is 22.0. The SMILES string of the molecule is CNc1nc(Nc2ccc(C#N)cc2)ncc1C#CCCCNC(=O)[C@@H]1C[C@H](F)CN1C(=O)OC(C)(C)C. The van der Waals surface area contributed by atoms with Crippen molar-refractivity contribution in [1.82, 2.24) is 20.2 Å². The molecule has 11 heteroatoms. The number of hydrogen-bond acceptors (Lipinski definition) is 8. The number of nitriles is 1. The quantitative estimate of drug-likeness (QED) is 0.371. The van der Waals surface area contributed by atoms with Crippen molar-refractivity contribution in [3.8, 4) is 17.9 Å². The highest BCUT2D eigenvalue weighted by atomic mass is 19.1. The van der Waals surface area contributed by atoms with Gasteiger partial charge in [-0.05, 0) is 51.5 Å². The summed E-state index contributed by atoms with van der Waals surface area (Å²) >= 11 is 0. The molecule has 0 saturated carbocycles. The van der Waals surface area contributed by atoms with E-state index in [2.05, 4.69) is 43.8 Å². The van der Waals surface area contributed by atoms with Gasteiger partial charge in [-0.3, -0.25) is 9.69 Å². The number of rotatable bonds is 7. The summed E-state index contributed by atoms with van der Waals surface area (Å²) < 4.78 is 19.3. The van der Waals surface area contributed by atoms with Gasteiger partial charge in [-0.25, -0.2) is 14.2 Å². The fourth-order valence-electron chi connectivity index (χ4n) is 3.70. The molecule has 0 spiro atoms. The van der Waals surface area contributed by atoms with Gasteiger partial charge in [0.25, 0.3) is 0 Å². The van der Waals surface area contributed by atoms with Crippen LogP contribution in [0.1, 0.15) is 51.2 Å². The molecule has 3 rings (SSSR count). The van der Waals surface area contributed by atoms with Gasteiger partial charge in [-0.15, -0.1) is 0 Å². The van der Waals surface area contributed by atoms with Crippen molar-refractivity contribution >= 4 is 29.5 Å². The number of nitrogens with zero attached hydrogens (tertiary/aromatic N) is 4. The summed E-state index contributed by atoms with van der Waals surface area (Å²) in [5.74, 6) is 6.61. The number of carbonyl (C=O) groups excluding carboxylic acids is 2. The third-order valence-corrected chi connectivity index (χ3v) is 5.48. The minimum Gasteiger partial charge on any atom is -0.444 e. The number of hydrogen-bond donors (Lipinski definition) is 3. The highest BCUT2D eigenvalue weighted by Crippen LogP contribution is 2.23. The average Bonchev–Trinajstić information content (AvgIpc) is 3.28. The molecule has 2 amide bonds. The van der Waals surface area contributed by atoms with Gasteiger partial charge < -0.3 is 20.7 Å². The summed E-state index contributed by atoms with van der Waals surface area (Å²) in [5, 5.41) is 17.8. The topological polar surface area (TPSA) is 132 Å². The maximum atomic E-state index is 14.0. The van der Waals surface area contributed by atoms with Crippen LogP contribution in [-0.4, -0.2) is 64.8 Å². The normalized spacial score (nSPS) is 16.6. The summed E-state index contributed by atoms with van der Waals surface area (Å²) in [6.45, 7) is 5.34. The number of alkyl halides is 1. The number of nitrogens with one attached hydrogen (secondary N) is 3. The molecule has 1 aromatic heterocycles. The highest BCUT2D eigenvalue weighted by molar-refractivity contribution is 5.86. The van der Waals surface area contributed by atoms with Crippen LogP contribution in [0.4, 0.5) is 26.6 Å². The second kappa shape index (κ2) is 12.7. The molecule has 3 N–H and O–H groups in total. The second-order valence-electron chi connectivity index (χ2n) is 9.70. The van der Waals surface area contributed by atoms with E-state index in [9.17, 15) is 14.0 Å². The van der Waals surface area contributed by atoms with Crippen LogP contribution in [0.2, 0.25) is 0 Å². The number of likely N-dealkylation sites (tertiary alicyclic amines) is 1. The number of benzene rings is 1. The van der Waals surface area contributed by atoms with Crippen molar-refractivity contribution < 1.29 is 18.7 Å². The molecule has 1 saturated heterocycles. The summed E-state index contributed by atoms with van der Waals surface area (Å²) in [7, 11) is 1.74. The van der Waals surface area contributed by atoms with Crippen molar-refractivity contribution in [2.24, 2.45) is 0 Å². The van der Waals surface area contributed by atoms with Gasteiger partial charge in [0.05, 0.1) is 29.9 Å². The molecule has 1 fully saturated rings. The highest BCUT2D eigenvalue weighted by Gasteiger charge is 2.41. The van der Waals surface area contributed by atoms with E-state index in [4.69, 9.17) is 10.00 Å². The third kappa shape index (κ3) is 8.07. The lowest BCUT2D eigenvalue weighted by Crippen LogP contribution is -2.47. The number of unbranched alkanes of at least 4 members (excludes halogenated alkanes) is 1. The molecule has 0 unspecified atom stereocenters. The Morgan fingerprint density at radius 1 is 1.26 bits per heavy atom. The molecule has 2 heterocycles. The molecule has 1 aromatic carbocycles. The van der Waals surface area contributed by atoms with E-state index in [1.54, 1.807) is 58.3 Å². The van der Waals surface area contributed by atoms with Crippen LogP contribution in [0.3, 0.4) is 0 Å². The smallest absolute Gasteiger partial charge is 0.411 e. The molecule has 1 aliphatic rings. The van der Waals surface area contributed by atoms with E-state index in [1.165, 1.54) is 0 Å². The lowest BCUT2D eigenvalue weighted by molar-refractivity contribution is -0.125. The molecule has 1 aliphatic heterocycles. The first kappa shape index (κ1) is 28.2. The largest absolute Gasteiger partial charge is 0.444 e. The van der Waals surface area contributed by atoms with Crippen molar-refractivity contribution in [3.05, 3.63) is 41.6 Å². The number of halogens is 1. The molecule has 38 heavy (non-hydrogen) atoms. The predicted octanol–water partition coefficient (Wildman–Crippen LogP) is 3.73. The molecule has 200 valence electrons. The minimum absolute atomic E-state index is 0.0479. The number of ether oxygens (including phenoxy) is 1. The molecule has 2 aromatic rings. The van der Waals surface area contributed by atoms with Crippen LogP contribution >= 0.6 is 0 Å². The zero-order chi connectivity index (χ0) is 27.7. The summed E-state index contributed by atoms with van der Waals surface area (Å²) in [6.07, 6.45) is 0.681. The Kier molecular flexibility index (Phi) is 9.44. The average molecular weight is 522 g/mol. The number of anilines is 3. The van der Waals surface area contributed by atoms with Gasteiger partial charge in [0.15, 0.2) is 0 Å². The van der Waals surface area contributed by atoms with Gasteiger partial charge in [0, 0.05) is 32.1 Å². The molecule has 0 bridgehead atoms. The Hall–Kier alpha value is -4.38. The Balaban J connectivity index is 1.49. The first-order valence-corrected chi connectivity index (χ1v) is 12.3. The maximum absolute atomic E-state index is 14.0.